The van der Waals surface area contributed by atoms with E-state index in [0.717, 1.165) is 4.47 Å². The summed E-state index contributed by atoms with van der Waals surface area (Å²) in [5, 5.41) is 7.30. The standard InChI is InChI=1S/C13H11BrF3N3O2S/c14-8-4-1-2-5-9(8)22-7-3-6-10(21)18-12-20-19-11(23-12)13(15,16)17/h1-2,4-5H,3,6-7H2,(H,18,20,21). The van der Waals surface area contributed by atoms with Crippen molar-refractivity contribution in [3.63, 3.8) is 0 Å². The fraction of sp³-hybridized carbons (Fsp3) is 0.308. The summed E-state index contributed by atoms with van der Waals surface area (Å²) >= 11 is 3.62. The number of amides is 1. The summed E-state index contributed by atoms with van der Waals surface area (Å²) in [6, 6.07) is 7.28. The minimum Gasteiger partial charge on any atom is -0.492 e. The van der Waals surface area contributed by atoms with E-state index in [1.807, 2.05) is 18.2 Å². The number of hydrogen-bond acceptors (Lipinski definition) is 5. The molecule has 10 heteroatoms. The maximum Gasteiger partial charge on any atom is 0.445 e. The van der Waals surface area contributed by atoms with Crippen LogP contribution in [-0.2, 0) is 11.0 Å². The Morgan fingerprint density at radius 3 is 2.70 bits per heavy atom. The summed E-state index contributed by atoms with van der Waals surface area (Å²) in [5.41, 5.74) is 0. The van der Waals surface area contributed by atoms with Gasteiger partial charge in [-0.15, -0.1) is 10.2 Å². The highest BCUT2D eigenvalue weighted by Gasteiger charge is 2.35. The molecule has 0 unspecified atom stereocenters. The number of halogens is 4. The van der Waals surface area contributed by atoms with E-state index >= 15 is 0 Å². The Balaban J connectivity index is 1.73. The number of ether oxygens (including phenoxy) is 1. The van der Waals surface area contributed by atoms with Gasteiger partial charge >= 0.3 is 6.18 Å². The van der Waals surface area contributed by atoms with Gasteiger partial charge in [-0.05, 0) is 34.5 Å². The average molecular weight is 410 g/mol. The molecule has 2 rings (SSSR count). The van der Waals surface area contributed by atoms with Crippen LogP contribution >= 0.6 is 27.3 Å². The number of alkyl halides is 3. The van der Waals surface area contributed by atoms with Crippen molar-refractivity contribution in [1.29, 1.82) is 0 Å². The molecule has 0 saturated carbocycles. The average Bonchev–Trinajstić information content (AvgIpc) is 2.94. The first-order valence-electron chi connectivity index (χ1n) is 6.44. The number of nitrogens with one attached hydrogen (secondary N) is 1. The van der Waals surface area contributed by atoms with Crippen molar-refractivity contribution in [3.05, 3.63) is 33.7 Å². The molecule has 0 saturated heterocycles. The topological polar surface area (TPSA) is 64.1 Å². The van der Waals surface area contributed by atoms with Crippen LogP contribution in [0.25, 0.3) is 0 Å². The van der Waals surface area contributed by atoms with E-state index in [9.17, 15) is 18.0 Å². The van der Waals surface area contributed by atoms with Crippen LogP contribution < -0.4 is 10.1 Å². The van der Waals surface area contributed by atoms with Crippen molar-refractivity contribution >= 4 is 38.3 Å². The van der Waals surface area contributed by atoms with Crippen molar-refractivity contribution in [2.24, 2.45) is 0 Å². The summed E-state index contributed by atoms with van der Waals surface area (Å²) < 4.78 is 43.4. The van der Waals surface area contributed by atoms with E-state index in [1.165, 1.54) is 0 Å². The summed E-state index contributed by atoms with van der Waals surface area (Å²) in [4.78, 5) is 11.6. The Hall–Kier alpha value is -1.68. The quantitative estimate of drug-likeness (QED) is 0.728. The fourth-order valence-electron chi connectivity index (χ4n) is 1.55. The lowest BCUT2D eigenvalue weighted by Gasteiger charge is -2.07. The lowest BCUT2D eigenvalue weighted by atomic mass is 10.3. The summed E-state index contributed by atoms with van der Waals surface area (Å²) in [5.74, 6) is 0.220. The molecule has 0 spiro atoms. The molecule has 1 amide bonds. The Bertz CT molecular complexity index is 678. The van der Waals surface area contributed by atoms with Crippen molar-refractivity contribution in [1.82, 2.24) is 10.2 Å². The molecule has 23 heavy (non-hydrogen) atoms. The van der Waals surface area contributed by atoms with E-state index < -0.39 is 17.1 Å². The summed E-state index contributed by atoms with van der Waals surface area (Å²) in [7, 11) is 0. The number of hydrogen-bond donors (Lipinski definition) is 1. The SMILES string of the molecule is O=C(CCCOc1ccccc1Br)Nc1nnc(C(F)(F)F)s1. The second-order valence-corrected chi connectivity index (χ2v) is 6.17. The van der Waals surface area contributed by atoms with Crippen molar-refractivity contribution < 1.29 is 22.7 Å². The molecule has 0 radical (unpaired) electrons. The molecule has 0 atom stereocenters. The minimum absolute atomic E-state index is 0.103. The number of para-hydroxylation sites is 1. The first kappa shape index (κ1) is 17.7. The highest BCUT2D eigenvalue weighted by atomic mass is 79.9. The molecule has 124 valence electrons. The highest BCUT2D eigenvalue weighted by Crippen LogP contribution is 2.33. The molecule has 1 aromatic carbocycles. The van der Waals surface area contributed by atoms with Gasteiger partial charge in [-0.1, -0.05) is 23.5 Å². The number of rotatable bonds is 6. The molecule has 1 N–H and O–H groups in total. The van der Waals surface area contributed by atoms with Gasteiger partial charge in [0.2, 0.25) is 16.0 Å². The number of benzene rings is 1. The fourth-order valence-corrected chi connectivity index (χ4v) is 2.57. The van der Waals surface area contributed by atoms with Crippen LogP contribution in [0.2, 0.25) is 0 Å². The van der Waals surface area contributed by atoms with Crippen LogP contribution in [-0.4, -0.2) is 22.7 Å². The Morgan fingerprint density at radius 1 is 1.30 bits per heavy atom. The van der Waals surface area contributed by atoms with Crippen LogP contribution in [0, 0.1) is 0 Å². The van der Waals surface area contributed by atoms with Gasteiger partial charge in [0.25, 0.3) is 0 Å². The molecule has 1 heterocycles. The Morgan fingerprint density at radius 2 is 2.04 bits per heavy atom. The number of nitrogens with zero attached hydrogens (tertiary/aromatic N) is 2. The van der Waals surface area contributed by atoms with Crippen molar-refractivity contribution in [3.8, 4) is 5.75 Å². The predicted octanol–water partition coefficient (Wildman–Crippen LogP) is 4.12. The lowest BCUT2D eigenvalue weighted by Crippen LogP contribution is -2.12. The van der Waals surface area contributed by atoms with Gasteiger partial charge in [0.1, 0.15) is 5.75 Å². The van der Waals surface area contributed by atoms with Crippen LogP contribution in [0.5, 0.6) is 5.75 Å². The molecule has 0 fully saturated rings. The Kier molecular flexibility index (Phi) is 5.94. The van der Waals surface area contributed by atoms with Crippen LogP contribution in [0.3, 0.4) is 0 Å². The number of aromatic nitrogens is 2. The third-order valence-electron chi connectivity index (χ3n) is 2.56. The normalized spacial score (nSPS) is 11.3. The number of anilines is 1. The van der Waals surface area contributed by atoms with Gasteiger partial charge in [-0.3, -0.25) is 4.79 Å². The van der Waals surface area contributed by atoms with Crippen LogP contribution in [0.15, 0.2) is 28.7 Å². The molecule has 0 aliphatic carbocycles. The first-order valence-corrected chi connectivity index (χ1v) is 8.05. The van der Waals surface area contributed by atoms with Gasteiger partial charge in [0.15, 0.2) is 0 Å². The second kappa shape index (κ2) is 7.73. The highest BCUT2D eigenvalue weighted by molar-refractivity contribution is 9.10. The van der Waals surface area contributed by atoms with Gasteiger partial charge in [-0.2, -0.15) is 13.2 Å². The van der Waals surface area contributed by atoms with Crippen molar-refractivity contribution in [2.75, 3.05) is 11.9 Å². The number of carbonyl (C=O) groups excluding carboxylic acids is 1. The molecule has 1 aromatic heterocycles. The number of carbonyl (C=O) groups is 1. The molecular formula is C13H11BrF3N3O2S. The van der Waals surface area contributed by atoms with E-state index in [1.54, 1.807) is 6.07 Å². The molecule has 0 bridgehead atoms. The Labute approximate surface area is 142 Å². The maximum absolute atomic E-state index is 12.4. The first-order chi connectivity index (χ1) is 10.9. The molecule has 0 aliphatic heterocycles. The smallest absolute Gasteiger partial charge is 0.445 e. The molecule has 0 aliphatic rings. The third-order valence-corrected chi connectivity index (χ3v) is 4.09. The molecular weight excluding hydrogens is 399 g/mol. The zero-order valence-electron chi connectivity index (χ0n) is 11.6. The van der Waals surface area contributed by atoms with E-state index in [0.29, 0.717) is 18.8 Å². The second-order valence-electron chi connectivity index (χ2n) is 4.34. The molecule has 2 aromatic rings. The van der Waals surface area contributed by atoms with Crippen LogP contribution in [0.1, 0.15) is 17.8 Å². The predicted molar refractivity (Wildman–Crippen MR) is 82.4 cm³/mol. The van der Waals surface area contributed by atoms with Gasteiger partial charge < -0.3 is 10.1 Å². The minimum atomic E-state index is -4.56. The maximum atomic E-state index is 12.4. The largest absolute Gasteiger partial charge is 0.492 e. The summed E-state index contributed by atoms with van der Waals surface area (Å²) in [6.45, 7) is 0.306. The lowest BCUT2D eigenvalue weighted by molar-refractivity contribution is -0.138. The van der Waals surface area contributed by atoms with Crippen molar-refractivity contribution in [2.45, 2.75) is 19.0 Å². The van der Waals surface area contributed by atoms with Crippen LogP contribution in [0.4, 0.5) is 18.3 Å². The molecule has 5 nitrogen and oxygen atoms in total. The van der Waals surface area contributed by atoms with Gasteiger partial charge in [-0.25, -0.2) is 0 Å². The monoisotopic (exact) mass is 409 g/mol. The zero-order chi connectivity index (χ0) is 16.9. The van der Waals surface area contributed by atoms with Gasteiger partial charge in [0, 0.05) is 6.42 Å². The third kappa shape index (κ3) is 5.47. The van der Waals surface area contributed by atoms with E-state index in [2.05, 4.69) is 31.4 Å². The summed E-state index contributed by atoms with van der Waals surface area (Å²) in [6.07, 6.45) is -4.04. The van der Waals surface area contributed by atoms with E-state index in [-0.39, 0.29) is 22.9 Å². The van der Waals surface area contributed by atoms with Gasteiger partial charge in [0.05, 0.1) is 11.1 Å². The van der Waals surface area contributed by atoms with E-state index in [4.69, 9.17) is 4.74 Å². The zero-order valence-corrected chi connectivity index (χ0v) is 14.0.